The zero-order chi connectivity index (χ0) is 14.5. The Balaban J connectivity index is 1.94. The highest BCUT2D eigenvalue weighted by atomic mass is 16.2. The van der Waals surface area contributed by atoms with Crippen LogP contribution >= 0.6 is 0 Å². The first-order valence-corrected chi connectivity index (χ1v) is 7.17. The van der Waals surface area contributed by atoms with Crippen molar-refractivity contribution < 1.29 is 5.11 Å². The van der Waals surface area contributed by atoms with Gasteiger partial charge in [-0.2, -0.15) is 0 Å². The van der Waals surface area contributed by atoms with Crippen LogP contribution in [0.15, 0.2) is 24.3 Å². The molecule has 1 aromatic carbocycles. The number of aliphatic hydroxyl groups is 1. The minimum atomic E-state index is -0.0840. The molecule has 1 aromatic rings. The molecule has 0 radical (unpaired) electrons. The van der Waals surface area contributed by atoms with Crippen LogP contribution in [0.3, 0.4) is 0 Å². The molecule has 20 heavy (non-hydrogen) atoms. The molecular weight excluding hydrogens is 248 g/mol. The lowest BCUT2D eigenvalue weighted by atomic mass is 10.1. The maximum atomic E-state index is 8.68. The van der Waals surface area contributed by atoms with Crippen LogP contribution < -0.4 is 0 Å². The van der Waals surface area contributed by atoms with Crippen molar-refractivity contribution in [3.63, 3.8) is 0 Å². The lowest BCUT2D eigenvalue weighted by molar-refractivity contribution is 0.250. The topological polar surface area (TPSA) is 26.7 Å². The first-order chi connectivity index (χ1) is 9.60. The molecule has 108 valence electrons. The van der Waals surface area contributed by atoms with E-state index in [1.54, 1.807) is 0 Å². The molecule has 1 fully saturated rings. The summed E-state index contributed by atoms with van der Waals surface area (Å²) < 4.78 is 0. The summed E-state index contributed by atoms with van der Waals surface area (Å²) in [4.78, 5) is 4.85. The third-order valence-corrected chi connectivity index (χ3v) is 3.98. The first-order valence-electron chi connectivity index (χ1n) is 7.17. The molecular formula is C17H24N2O. The molecule has 1 aliphatic rings. The minimum Gasteiger partial charge on any atom is -0.384 e. The third kappa shape index (κ3) is 3.83. The second-order valence-electron chi connectivity index (χ2n) is 5.86. The zero-order valence-corrected chi connectivity index (χ0v) is 12.6. The predicted molar refractivity (Wildman–Crippen MR) is 82.3 cm³/mol. The number of aliphatic hydroxyl groups excluding tert-OH is 1. The summed E-state index contributed by atoms with van der Waals surface area (Å²) in [6.07, 6.45) is 0. The number of hydrogen-bond donors (Lipinski definition) is 1. The minimum absolute atomic E-state index is 0.0840. The molecule has 1 saturated heterocycles. The van der Waals surface area contributed by atoms with Crippen LogP contribution in [0.25, 0.3) is 0 Å². The third-order valence-electron chi connectivity index (χ3n) is 3.98. The largest absolute Gasteiger partial charge is 0.384 e. The maximum absolute atomic E-state index is 8.68. The van der Waals surface area contributed by atoms with Gasteiger partial charge in [-0.15, -0.1) is 0 Å². The van der Waals surface area contributed by atoms with Gasteiger partial charge in [0.05, 0.1) is 0 Å². The average molecular weight is 272 g/mol. The van der Waals surface area contributed by atoms with Gasteiger partial charge in [0, 0.05) is 31.2 Å². The van der Waals surface area contributed by atoms with Crippen LogP contribution in [0.4, 0.5) is 0 Å². The van der Waals surface area contributed by atoms with Crippen molar-refractivity contribution in [3.05, 3.63) is 35.4 Å². The van der Waals surface area contributed by atoms with E-state index in [1.165, 1.54) is 5.56 Å². The molecule has 1 N–H and O–H groups in total. The van der Waals surface area contributed by atoms with E-state index in [9.17, 15) is 0 Å². The van der Waals surface area contributed by atoms with Crippen molar-refractivity contribution in [1.82, 2.24) is 9.80 Å². The van der Waals surface area contributed by atoms with Crippen LogP contribution in [0.2, 0.25) is 0 Å². The van der Waals surface area contributed by atoms with Gasteiger partial charge in [-0.1, -0.05) is 30.9 Å². The Morgan fingerprint density at radius 3 is 2.50 bits per heavy atom. The maximum Gasteiger partial charge on any atom is 0.104 e. The quantitative estimate of drug-likeness (QED) is 0.843. The van der Waals surface area contributed by atoms with Gasteiger partial charge in [0.1, 0.15) is 6.61 Å². The highest BCUT2D eigenvalue weighted by molar-refractivity contribution is 5.36. The highest BCUT2D eigenvalue weighted by Crippen LogP contribution is 2.21. The summed E-state index contributed by atoms with van der Waals surface area (Å²) in [5, 5.41) is 8.68. The summed E-state index contributed by atoms with van der Waals surface area (Å²) in [7, 11) is 4.33. The smallest absolute Gasteiger partial charge is 0.104 e. The fourth-order valence-corrected chi connectivity index (χ4v) is 2.94. The molecule has 1 aliphatic heterocycles. The molecule has 0 aromatic heterocycles. The van der Waals surface area contributed by atoms with E-state index in [0.717, 1.165) is 31.1 Å². The van der Waals surface area contributed by atoms with Gasteiger partial charge in [-0.25, -0.2) is 0 Å². The predicted octanol–water partition coefficient (Wildman–Crippen LogP) is 1.41. The number of hydrogen-bond acceptors (Lipinski definition) is 3. The summed E-state index contributed by atoms with van der Waals surface area (Å²) in [6.45, 7) is 5.55. The molecule has 0 saturated carbocycles. The Morgan fingerprint density at radius 1 is 1.25 bits per heavy atom. The standard InChI is InChI=1S/C17H24N2O/c1-14-11-19(13-17(14)18(2)3)12-16-8-6-15(7-9-16)5-4-10-20/h6-9,14,17,20H,10-13H2,1-3H3. The van der Waals surface area contributed by atoms with Crippen molar-refractivity contribution in [2.75, 3.05) is 33.8 Å². The summed E-state index contributed by atoms with van der Waals surface area (Å²) in [6, 6.07) is 8.98. The Bertz CT molecular complexity index is 484. The Hall–Kier alpha value is -1.34. The Kier molecular flexibility index (Phi) is 5.19. The second-order valence-corrected chi connectivity index (χ2v) is 5.86. The van der Waals surface area contributed by atoms with Crippen molar-refractivity contribution in [2.45, 2.75) is 19.5 Å². The SMILES string of the molecule is CC1CN(Cc2ccc(C#CCO)cc2)CC1N(C)C. The lowest BCUT2D eigenvalue weighted by Gasteiger charge is -2.22. The molecule has 0 spiro atoms. The van der Waals surface area contributed by atoms with E-state index in [4.69, 9.17) is 5.11 Å². The van der Waals surface area contributed by atoms with E-state index < -0.39 is 0 Å². The van der Waals surface area contributed by atoms with Crippen LogP contribution in [-0.2, 0) is 6.54 Å². The van der Waals surface area contributed by atoms with Crippen LogP contribution in [0.1, 0.15) is 18.1 Å². The molecule has 0 amide bonds. The van der Waals surface area contributed by atoms with E-state index >= 15 is 0 Å². The zero-order valence-electron chi connectivity index (χ0n) is 12.6. The van der Waals surface area contributed by atoms with Gasteiger partial charge in [-0.05, 0) is 37.7 Å². The van der Waals surface area contributed by atoms with E-state index in [2.05, 4.69) is 54.8 Å². The fourth-order valence-electron chi connectivity index (χ4n) is 2.94. The number of likely N-dealkylation sites (N-methyl/N-ethyl adjacent to an activating group) is 1. The van der Waals surface area contributed by atoms with Gasteiger partial charge in [0.15, 0.2) is 0 Å². The number of rotatable bonds is 3. The molecule has 2 rings (SSSR count). The average Bonchev–Trinajstić information content (AvgIpc) is 2.79. The van der Waals surface area contributed by atoms with Crippen molar-refractivity contribution in [1.29, 1.82) is 0 Å². The van der Waals surface area contributed by atoms with Gasteiger partial charge < -0.3 is 10.0 Å². The molecule has 3 nitrogen and oxygen atoms in total. The molecule has 2 atom stereocenters. The lowest BCUT2D eigenvalue weighted by Crippen LogP contribution is -2.34. The Labute approximate surface area is 122 Å². The highest BCUT2D eigenvalue weighted by Gasteiger charge is 2.30. The molecule has 1 heterocycles. The van der Waals surface area contributed by atoms with Gasteiger partial charge in [0.25, 0.3) is 0 Å². The van der Waals surface area contributed by atoms with Crippen molar-refractivity contribution in [3.8, 4) is 11.8 Å². The Morgan fingerprint density at radius 2 is 1.95 bits per heavy atom. The van der Waals surface area contributed by atoms with Crippen LogP contribution in [0.5, 0.6) is 0 Å². The summed E-state index contributed by atoms with van der Waals surface area (Å²) in [5.74, 6) is 6.32. The number of likely N-dealkylation sites (tertiary alicyclic amines) is 1. The summed E-state index contributed by atoms with van der Waals surface area (Å²) in [5.41, 5.74) is 2.29. The number of benzene rings is 1. The van der Waals surface area contributed by atoms with Gasteiger partial charge in [0.2, 0.25) is 0 Å². The second kappa shape index (κ2) is 6.90. The molecule has 3 heteroatoms. The fraction of sp³-hybridized carbons (Fsp3) is 0.529. The van der Waals surface area contributed by atoms with Gasteiger partial charge in [-0.3, -0.25) is 4.90 Å². The molecule has 0 bridgehead atoms. The van der Waals surface area contributed by atoms with Crippen LogP contribution in [0, 0.1) is 17.8 Å². The molecule has 0 aliphatic carbocycles. The normalized spacial score (nSPS) is 22.9. The first kappa shape index (κ1) is 15.1. The molecule has 2 unspecified atom stereocenters. The van der Waals surface area contributed by atoms with E-state index in [-0.39, 0.29) is 6.61 Å². The van der Waals surface area contributed by atoms with Gasteiger partial charge >= 0.3 is 0 Å². The van der Waals surface area contributed by atoms with Crippen molar-refractivity contribution in [2.24, 2.45) is 5.92 Å². The van der Waals surface area contributed by atoms with Crippen LogP contribution in [-0.4, -0.2) is 54.7 Å². The monoisotopic (exact) mass is 272 g/mol. The van der Waals surface area contributed by atoms with Crippen molar-refractivity contribution >= 4 is 0 Å². The summed E-state index contributed by atoms with van der Waals surface area (Å²) >= 11 is 0. The number of nitrogens with zero attached hydrogens (tertiary/aromatic N) is 2. The van der Waals surface area contributed by atoms with E-state index in [1.807, 2.05) is 12.1 Å². The van der Waals surface area contributed by atoms with E-state index in [0.29, 0.717) is 6.04 Å².